The molecule has 1 fully saturated rings. The highest BCUT2D eigenvalue weighted by Crippen LogP contribution is 2.57. The van der Waals surface area contributed by atoms with Crippen LogP contribution in [-0.2, 0) is 6.42 Å². The van der Waals surface area contributed by atoms with Crippen LogP contribution >= 0.6 is 0 Å². The first-order valence-electron chi connectivity index (χ1n) is 9.23. The zero-order chi connectivity index (χ0) is 19.3. The van der Waals surface area contributed by atoms with Crippen molar-refractivity contribution in [2.24, 2.45) is 11.3 Å². The van der Waals surface area contributed by atoms with Gasteiger partial charge >= 0.3 is 0 Å². The molecule has 2 aliphatic carbocycles. The van der Waals surface area contributed by atoms with Gasteiger partial charge in [-0.1, -0.05) is 20.8 Å². The average molecular weight is 365 g/mol. The quantitative estimate of drug-likeness (QED) is 0.862. The fraction of sp³-hybridized carbons (Fsp3) is 0.500. The summed E-state index contributed by atoms with van der Waals surface area (Å²) in [6.07, 6.45) is 3.54. The van der Waals surface area contributed by atoms with Gasteiger partial charge in [0.2, 0.25) is 0 Å². The Labute approximate surface area is 158 Å². The molecule has 1 amide bonds. The fourth-order valence-corrected chi connectivity index (χ4v) is 3.84. The minimum atomic E-state index is -0.359. The van der Waals surface area contributed by atoms with E-state index in [0.717, 1.165) is 24.1 Å². The van der Waals surface area contributed by atoms with Crippen LogP contribution in [0.2, 0.25) is 0 Å². The minimum Gasteiger partial charge on any atom is -0.394 e. The Morgan fingerprint density at radius 1 is 1.52 bits per heavy atom. The molecule has 0 aromatic carbocycles. The fourth-order valence-electron chi connectivity index (χ4n) is 3.84. The van der Waals surface area contributed by atoms with Gasteiger partial charge in [-0.15, -0.1) is 0 Å². The first-order chi connectivity index (χ1) is 12.8. The molecule has 0 radical (unpaired) electrons. The summed E-state index contributed by atoms with van der Waals surface area (Å²) in [6.45, 7) is 5.80. The lowest BCUT2D eigenvalue weighted by Crippen LogP contribution is -2.46. The molecule has 0 aliphatic heterocycles. The van der Waals surface area contributed by atoms with Gasteiger partial charge in [0.05, 0.1) is 30.0 Å². The van der Waals surface area contributed by atoms with Gasteiger partial charge in [0.25, 0.3) is 5.91 Å². The molecule has 140 valence electrons. The molecule has 0 saturated heterocycles. The summed E-state index contributed by atoms with van der Waals surface area (Å²) in [5.74, 6) is 1.28. The number of aliphatic hydroxyl groups is 1. The number of nitrogens with zero attached hydrogens (tertiary/aromatic N) is 4. The maximum absolute atomic E-state index is 12.9. The van der Waals surface area contributed by atoms with Crippen molar-refractivity contribution in [1.82, 2.24) is 20.1 Å². The number of carbonyl (C=O) groups is 1. The molecule has 7 nitrogen and oxygen atoms in total. The number of fused-ring (bicyclic) bond motifs is 3. The van der Waals surface area contributed by atoms with Crippen molar-refractivity contribution in [3.05, 3.63) is 40.8 Å². The van der Waals surface area contributed by atoms with Gasteiger partial charge in [-0.05, 0) is 30.2 Å². The Kier molecular flexibility index (Phi) is 4.04. The molecule has 0 bridgehead atoms. The van der Waals surface area contributed by atoms with Crippen LogP contribution < -0.4 is 5.32 Å². The van der Waals surface area contributed by atoms with Crippen molar-refractivity contribution in [3.8, 4) is 11.9 Å². The Hall–Kier alpha value is -2.72. The summed E-state index contributed by atoms with van der Waals surface area (Å²) in [5.41, 5.74) is 2.67. The molecule has 2 aromatic heterocycles. The molecule has 2 heterocycles. The topological polar surface area (TPSA) is 104 Å². The number of nitriles is 1. The SMILES string of the molecule is CC(C)(C)[C@@H](CO)NC(=O)c1nn(-c2cc(C#N)ccn2)c2c1C[C@H]1C[C@@H]21. The van der Waals surface area contributed by atoms with Gasteiger partial charge in [-0.25, -0.2) is 9.67 Å². The number of pyridine rings is 1. The first kappa shape index (κ1) is 17.7. The van der Waals surface area contributed by atoms with Gasteiger partial charge in [-0.2, -0.15) is 10.4 Å². The molecular formula is C20H23N5O2. The van der Waals surface area contributed by atoms with Gasteiger partial charge in [-0.3, -0.25) is 4.79 Å². The van der Waals surface area contributed by atoms with E-state index in [1.165, 1.54) is 0 Å². The average Bonchev–Trinajstić information content (AvgIpc) is 3.14. The Morgan fingerprint density at radius 2 is 2.30 bits per heavy atom. The number of carbonyl (C=O) groups excluding carboxylic acids is 1. The largest absolute Gasteiger partial charge is 0.394 e. The van der Waals surface area contributed by atoms with Crippen molar-refractivity contribution in [2.75, 3.05) is 6.61 Å². The lowest BCUT2D eigenvalue weighted by Gasteiger charge is -2.29. The predicted octanol–water partition coefficient (Wildman–Crippen LogP) is 1.94. The van der Waals surface area contributed by atoms with Crippen LogP contribution in [0.3, 0.4) is 0 Å². The molecule has 27 heavy (non-hydrogen) atoms. The molecule has 0 unspecified atom stereocenters. The zero-order valence-electron chi connectivity index (χ0n) is 15.7. The molecule has 1 saturated carbocycles. The normalized spacial score (nSPS) is 21.1. The maximum atomic E-state index is 12.9. The Bertz CT molecular complexity index is 950. The number of amides is 1. The molecule has 2 aromatic rings. The second kappa shape index (κ2) is 6.17. The predicted molar refractivity (Wildman–Crippen MR) is 98.4 cm³/mol. The second-order valence-corrected chi connectivity index (χ2v) is 8.52. The van der Waals surface area contributed by atoms with E-state index in [0.29, 0.717) is 28.9 Å². The van der Waals surface area contributed by atoms with E-state index in [2.05, 4.69) is 21.5 Å². The Balaban J connectivity index is 1.72. The minimum absolute atomic E-state index is 0.130. The number of aromatic nitrogens is 3. The van der Waals surface area contributed by atoms with E-state index in [9.17, 15) is 9.90 Å². The third-order valence-electron chi connectivity index (χ3n) is 5.60. The van der Waals surface area contributed by atoms with Gasteiger partial charge in [0.15, 0.2) is 11.5 Å². The summed E-state index contributed by atoms with van der Waals surface area (Å²) >= 11 is 0. The maximum Gasteiger partial charge on any atom is 0.272 e. The van der Waals surface area contributed by atoms with Crippen molar-refractivity contribution >= 4 is 5.91 Å². The van der Waals surface area contributed by atoms with Crippen LogP contribution in [0, 0.1) is 22.7 Å². The van der Waals surface area contributed by atoms with Crippen LogP contribution in [0.5, 0.6) is 0 Å². The van der Waals surface area contributed by atoms with Crippen molar-refractivity contribution in [3.63, 3.8) is 0 Å². The van der Waals surface area contributed by atoms with E-state index in [4.69, 9.17) is 5.26 Å². The third-order valence-corrected chi connectivity index (χ3v) is 5.60. The highest BCUT2D eigenvalue weighted by Gasteiger charge is 2.50. The Morgan fingerprint density at radius 3 is 2.96 bits per heavy atom. The van der Waals surface area contributed by atoms with E-state index in [1.807, 2.05) is 20.8 Å². The van der Waals surface area contributed by atoms with Crippen LogP contribution in [0.4, 0.5) is 0 Å². The molecule has 2 N–H and O–H groups in total. The van der Waals surface area contributed by atoms with Crippen LogP contribution in [0.15, 0.2) is 18.3 Å². The lowest BCUT2D eigenvalue weighted by molar-refractivity contribution is 0.0841. The van der Waals surface area contributed by atoms with Crippen LogP contribution in [-0.4, -0.2) is 38.4 Å². The second-order valence-electron chi connectivity index (χ2n) is 8.52. The number of nitrogens with one attached hydrogen (secondary N) is 1. The highest BCUT2D eigenvalue weighted by atomic mass is 16.3. The molecule has 4 rings (SSSR count). The van der Waals surface area contributed by atoms with Crippen molar-refractivity contribution in [2.45, 2.75) is 45.6 Å². The molecule has 7 heteroatoms. The highest BCUT2D eigenvalue weighted by molar-refractivity contribution is 5.94. The van der Waals surface area contributed by atoms with Gasteiger partial charge < -0.3 is 10.4 Å². The molecule has 0 spiro atoms. The number of aliphatic hydroxyl groups excluding tert-OH is 1. The van der Waals surface area contributed by atoms with Crippen LogP contribution in [0.25, 0.3) is 5.82 Å². The van der Waals surface area contributed by atoms with E-state index >= 15 is 0 Å². The van der Waals surface area contributed by atoms with Gasteiger partial charge in [0.1, 0.15) is 0 Å². The van der Waals surface area contributed by atoms with Gasteiger partial charge in [0, 0.05) is 23.7 Å². The smallest absolute Gasteiger partial charge is 0.272 e. The number of hydrogen-bond acceptors (Lipinski definition) is 5. The summed E-state index contributed by atoms with van der Waals surface area (Å²) in [5, 5.41) is 26.3. The summed E-state index contributed by atoms with van der Waals surface area (Å²) in [6, 6.07) is 5.10. The number of rotatable bonds is 4. The lowest BCUT2D eigenvalue weighted by atomic mass is 9.87. The third kappa shape index (κ3) is 3.00. The monoisotopic (exact) mass is 365 g/mol. The number of hydrogen-bond donors (Lipinski definition) is 2. The summed E-state index contributed by atoms with van der Waals surface area (Å²) in [7, 11) is 0. The van der Waals surface area contributed by atoms with E-state index in [1.54, 1.807) is 23.0 Å². The van der Waals surface area contributed by atoms with Crippen molar-refractivity contribution in [1.29, 1.82) is 5.26 Å². The molecule has 3 atom stereocenters. The zero-order valence-corrected chi connectivity index (χ0v) is 15.7. The molecular weight excluding hydrogens is 342 g/mol. The first-order valence-corrected chi connectivity index (χ1v) is 9.23. The van der Waals surface area contributed by atoms with Crippen LogP contribution in [0.1, 0.15) is 60.4 Å². The standard InChI is InChI=1S/C20H23N5O2/c1-20(2,3)15(10-26)23-19(27)17-14-8-12-7-13(12)18(14)25(24-17)16-6-11(9-21)4-5-22-16/h4-6,12-13,15,26H,7-8,10H2,1-3H3,(H,23,27)/t12-,13-,15-/m1/s1. The van der Waals surface area contributed by atoms with E-state index < -0.39 is 0 Å². The summed E-state index contributed by atoms with van der Waals surface area (Å²) < 4.78 is 1.73. The molecule has 2 aliphatic rings. The van der Waals surface area contributed by atoms with E-state index in [-0.39, 0.29) is 24.0 Å². The summed E-state index contributed by atoms with van der Waals surface area (Å²) in [4.78, 5) is 17.3. The van der Waals surface area contributed by atoms with Crippen molar-refractivity contribution < 1.29 is 9.90 Å².